The zero-order chi connectivity index (χ0) is 17.1. The number of hydrogen-bond acceptors (Lipinski definition) is 4. The molecule has 7 heteroatoms. The average Bonchev–Trinajstić information content (AvgIpc) is 2.98. The summed E-state index contributed by atoms with van der Waals surface area (Å²) in [6, 6.07) is 7.49. The second-order valence-electron chi connectivity index (χ2n) is 5.67. The molecule has 0 aliphatic heterocycles. The van der Waals surface area contributed by atoms with Crippen LogP contribution in [0.15, 0.2) is 34.7 Å². The number of amides is 1. The summed E-state index contributed by atoms with van der Waals surface area (Å²) in [6.45, 7) is 0.592. The van der Waals surface area contributed by atoms with Gasteiger partial charge >= 0.3 is 5.97 Å². The van der Waals surface area contributed by atoms with Crippen LogP contribution in [0.5, 0.6) is 5.75 Å². The van der Waals surface area contributed by atoms with Gasteiger partial charge in [0.1, 0.15) is 5.75 Å². The van der Waals surface area contributed by atoms with Gasteiger partial charge in [0.2, 0.25) is 5.76 Å². The maximum atomic E-state index is 12.2. The fourth-order valence-electron chi connectivity index (χ4n) is 2.35. The Morgan fingerprint density at radius 1 is 1.25 bits per heavy atom. The maximum absolute atomic E-state index is 12.2. The zero-order valence-corrected chi connectivity index (χ0v) is 13.5. The molecule has 2 N–H and O–H groups in total. The molecule has 126 valence electrons. The summed E-state index contributed by atoms with van der Waals surface area (Å²) in [5.41, 5.74) is 0.417. The highest BCUT2D eigenvalue weighted by atomic mass is 35.5. The lowest BCUT2D eigenvalue weighted by Gasteiger charge is -2.25. The number of carboxylic acids is 1. The number of aromatic carboxylic acids is 1. The monoisotopic (exact) mass is 349 g/mol. The van der Waals surface area contributed by atoms with E-state index in [-0.39, 0.29) is 11.5 Å². The Bertz CT molecular complexity index is 766. The summed E-state index contributed by atoms with van der Waals surface area (Å²) in [4.78, 5) is 23.0. The van der Waals surface area contributed by atoms with Gasteiger partial charge in [0.15, 0.2) is 5.76 Å². The number of rotatable bonds is 6. The number of halogens is 1. The predicted octanol–water partition coefficient (Wildman–Crippen LogP) is 4.06. The first kappa shape index (κ1) is 16.4. The molecule has 1 heterocycles. The molecule has 0 atom stereocenters. The molecule has 1 saturated carbocycles. The molecular weight excluding hydrogens is 334 g/mol. The number of hydrogen-bond donors (Lipinski definition) is 2. The predicted molar refractivity (Wildman–Crippen MR) is 87.9 cm³/mol. The Labute approximate surface area is 143 Å². The van der Waals surface area contributed by atoms with Gasteiger partial charge in [-0.15, -0.1) is 0 Å². The summed E-state index contributed by atoms with van der Waals surface area (Å²) >= 11 is 5.99. The van der Waals surface area contributed by atoms with E-state index in [9.17, 15) is 9.59 Å². The second-order valence-corrected chi connectivity index (χ2v) is 6.11. The van der Waals surface area contributed by atoms with Crippen molar-refractivity contribution in [3.63, 3.8) is 0 Å². The van der Waals surface area contributed by atoms with Crippen molar-refractivity contribution >= 4 is 29.2 Å². The number of carbonyl (C=O) groups is 2. The van der Waals surface area contributed by atoms with E-state index in [0.717, 1.165) is 12.8 Å². The molecule has 0 saturated heterocycles. The molecule has 1 amide bonds. The van der Waals surface area contributed by atoms with Gasteiger partial charge in [0.25, 0.3) is 5.91 Å². The highest BCUT2D eigenvalue weighted by Gasteiger charge is 2.20. The number of benzene rings is 1. The van der Waals surface area contributed by atoms with E-state index in [1.54, 1.807) is 18.2 Å². The van der Waals surface area contributed by atoms with E-state index in [2.05, 4.69) is 5.32 Å². The third kappa shape index (κ3) is 3.71. The molecule has 6 nitrogen and oxygen atoms in total. The molecule has 3 rings (SSSR count). The molecule has 0 unspecified atom stereocenters. The first-order chi connectivity index (χ1) is 11.5. The van der Waals surface area contributed by atoms with E-state index in [1.165, 1.54) is 18.6 Å². The van der Waals surface area contributed by atoms with Crippen LogP contribution in [-0.2, 0) is 0 Å². The summed E-state index contributed by atoms with van der Waals surface area (Å²) in [5, 5.41) is 11.9. The normalized spacial score (nSPS) is 14.0. The molecule has 24 heavy (non-hydrogen) atoms. The first-order valence-electron chi connectivity index (χ1n) is 7.60. The quantitative estimate of drug-likeness (QED) is 0.820. The zero-order valence-electron chi connectivity index (χ0n) is 12.8. The Morgan fingerprint density at radius 3 is 2.62 bits per heavy atom. The maximum Gasteiger partial charge on any atom is 0.371 e. The largest absolute Gasteiger partial charge is 0.491 e. The number of carboxylic acid groups (broad SMARTS) is 1. The van der Waals surface area contributed by atoms with Gasteiger partial charge in [-0.3, -0.25) is 4.79 Å². The number of anilines is 1. The van der Waals surface area contributed by atoms with E-state index in [1.807, 2.05) is 0 Å². The van der Waals surface area contributed by atoms with Gasteiger partial charge in [-0.25, -0.2) is 4.79 Å². The van der Waals surface area contributed by atoms with Gasteiger partial charge in [-0.05, 0) is 49.1 Å². The highest BCUT2D eigenvalue weighted by molar-refractivity contribution is 6.31. The standard InChI is InChI=1S/C17H16ClNO5/c18-11-4-5-13(23-9-10-2-1-3-10)12(8-11)19-16(20)14-6-7-15(24-14)17(21)22/h4-8,10H,1-3,9H2,(H,19,20)(H,21,22). The molecule has 0 radical (unpaired) electrons. The van der Waals surface area contributed by atoms with E-state index < -0.39 is 11.9 Å². The molecule has 1 aliphatic carbocycles. The molecule has 2 aromatic rings. The van der Waals surface area contributed by atoms with Crippen molar-refractivity contribution in [1.29, 1.82) is 0 Å². The van der Waals surface area contributed by atoms with E-state index in [0.29, 0.717) is 29.0 Å². The summed E-state index contributed by atoms with van der Waals surface area (Å²) in [5.74, 6) is -1.14. The molecule has 1 aromatic heterocycles. The Hall–Kier alpha value is -2.47. The van der Waals surface area contributed by atoms with Crippen LogP contribution < -0.4 is 10.1 Å². The van der Waals surface area contributed by atoms with Crippen LogP contribution >= 0.6 is 11.6 Å². The van der Waals surface area contributed by atoms with Crippen LogP contribution in [0.1, 0.15) is 40.4 Å². The molecule has 0 bridgehead atoms. The molecule has 0 spiro atoms. The Balaban J connectivity index is 1.73. The molecular formula is C17H16ClNO5. The Morgan fingerprint density at radius 2 is 2.00 bits per heavy atom. The van der Waals surface area contributed by atoms with Crippen molar-refractivity contribution in [2.75, 3.05) is 11.9 Å². The van der Waals surface area contributed by atoms with Crippen LogP contribution in [0.2, 0.25) is 5.02 Å². The lowest BCUT2D eigenvalue weighted by molar-refractivity contribution is 0.0660. The summed E-state index contributed by atoms with van der Waals surface area (Å²) < 4.78 is 10.8. The smallest absolute Gasteiger partial charge is 0.371 e. The van der Waals surface area contributed by atoms with Crippen LogP contribution in [0.3, 0.4) is 0 Å². The highest BCUT2D eigenvalue weighted by Crippen LogP contribution is 2.32. The van der Waals surface area contributed by atoms with Crippen LogP contribution in [0.25, 0.3) is 0 Å². The van der Waals surface area contributed by atoms with Crippen molar-refractivity contribution in [3.05, 3.63) is 46.9 Å². The number of carbonyl (C=O) groups excluding carboxylic acids is 1. The third-order valence-electron chi connectivity index (χ3n) is 3.93. The lowest BCUT2D eigenvalue weighted by Crippen LogP contribution is -2.20. The SMILES string of the molecule is O=C(O)c1ccc(C(=O)Nc2cc(Cl)ccc2OCC2CCC2)o1. The van der Waals surface area contributed by atoms with Crippen molar-refractivity contribution in [2.24, 2.45) is 5.92 Å². The van der Waals surface area contributed by atoms with Crippen molar-refractivity contribution in [2.45, 2.75) is 19.3 Å². The third-order valence-corrected chi connectivity index (χ3v) is 4.16. The summed E-state index contributed by atoms with van der Waals surface area (Å²) in [6.07, 6.45) is 3.53. The van der Waals surface area contributed by atoms with E-state index >= 15 is 0 Å². The van der Waals surface area contributed by atoms with Gasteiger partial charge < -0.3 is 19.6 Å². The van der Waals surface area contributed by atoms with Crippen LogP contribution in [0, 0.1) is 5.92 Å². The van der Waals surface area contributed by atoms with Crippen molar-refractivity contribution in [1.82, 2.24) is 0 Å². The minimum atomic E-state index is -1.23. The molecule has 1 aliphatic rings. The minimum Gasteiger partial charge on any atom is -0.491 e. The second kappa shape index (κ2) is 6.97. The molecule has 1 fully saturated rings. The van der Waals surface area contributed by atoms with Gasteiger partial charge in [-0.1, -0.05) is 18.0 Å². The number of ether oxygens (including phenoxy) is 1. The Kier molecular flexibility index (Phi) is 4.76. The summed E-state index contributed by atoms with van der Waals surface area (Å²) in [7, 11) is 0. The van der Waals surface area contributed by atoms with Gasteiger partial charge in [0.05, 0.1) is 12.3 Å². The van der Waals surface area contributed by atoms with Crippen molar-refractivity contribution in [3.8, 4) is 5.75 Å². The van der Waals surface area contributed by atoms with Crippen molar-refractivity contribution < 1.29 is 23.8 Å². The topological polar surface area (TPSA) is 88.8 Å². The first-order valence-corrected chi connectivity index (χ1v) is 7.97. The van der Waals surface area contributed by atoms with E-state index in [4.69, 9.17) is 25.9 Å². The molecule has 1 aromatic carbocycles. The van der Waals surface area contributed by atoms with Crippen LogP contribution in [-0.4, -0.2) is 23.6 Å². The average molecular weight is 350 g/mol. The van der Waals surface area contributed by atoms with Gasteiger partial charge in [0, 0.05) is 5.02 Å². The fourth-order valence-corrected chi connectivity index (χ4v) is 2.52. The number of furan rings is 1. The van der Waals surface area contributed by atoms with Crippen LogP contribution in [0.4, 0.5) is 5.69 Å². The van der Waals surface area contributed by atoms with Gasteiger partial charge in [-0.2, -0.15) is 0 Å². The minimum absolute atomic E-state index is 0.0997. The lowest BCUT2D eigenvalue weighted by atomic mass is 9.86. The fraction of sp³-hybridized carbons (Fsp3) is 0.294. The number of nitrogens with one attached hydrogen (secondary N) is 1.